The lowest BCUT2D eigenvalue weighted by atomic mass is 10.1. The zero-order valence-electron chi connectivity index (χ0n) is 14.9. The van der Waals surface area contributed by atoms with Crippen LogP contribution in [0.4, 0.5) is 16.2 Å². The Bertz CT molecular complexity index is 891. The molecule has 1 aliphatic rings. The molecular formula is C19H21N7O. The van der Waals surface area contributed by atoms with Gasteiger partial charge in [0.1, 0.15) is 5.82 Å². The third kappa shape index (κ3) is 3.65. The van der Waals surface area contributed by atoms with Crippen LogP contribution in [0, 0.1) is 0 Å². The number of aromatic nitrogens is 4. The van der Waals surface area contributed by atoms with Crippen LogP contribution in [-0.2, 0) is 19.4 Å². The summed E-state index contributed by atoms with van der Waals surface area (Å²) in [6, 6.07) is 15.9. The fourth-order valence-electron chi connectivity index (χ4n) is 3.22. The molecule has 0 radical (unpaired) electrons. The second-order valence-electron chi connectivity index (χ2n) is 6.47. The maximum atomic E-state index is 12.8. The Morgan fingerprint density at radius 1 is 0.889 bits per heavy atom. The standard InChI is InChI=1S/C19H21N7O/c20-13-15-3-8-17(9-4-15)26-12-11-25(19(26)27)16-6-1-14(2-7-16)5-10-18-21-23-24-22-18/h1-4,6-9H,5,10-13,20H2,(H,21,22,23,24). The van der Waals surface area contributed by atoms with Crippen molar-refractivity contribution in [3.8, 4) is 0 Å². The van der Waals surface area contributed by atoms with Crippen molar-refractivity contribution in [2.24, 2.45) is 5.73 Å². The fourth-order valence-corrected chi connectivity index (χ4v) is 3.22. The lowest BCUT2D eigenvalue weighted by Gasteiger charge is -2.19. The predicted molar refractivity (Wildman–Crippen MR) is 102 cm³/mol. The second kappa shape index (κ2) is 7.55. The van der Waals surface area contributed by atoms with Crippen LogP contribution in [-0.4, -0.2) is 39.7 Å². The number of hydrogen-bond acceptors (Lipinski definition) is 5. The number of tetrazole rings is 1. The van der Waals surface area contributed by atoms with Crippen LogP contribution < -0.4 is 15.5 Å². The molecule has 138 valence electrons. The lowest BCUT2D eigenvalue weighted by Crippen LogP contribution is -2.31. The topological polar surface area (TPSA) is 104 Å². The largest absolute Gasteiger partial charge is 0.329 e. The van der Waals surface area contributed by atoms with Crippen molar-refractivity contribution < 1.29 is 4.79 Å². The molecule has 0 unspecified atom stereocenters. The van der Waals surface area contributed by atoms with Crippen LogP contribution in [0.2, 0.25) is 0 Å². The van der Waals surface area contributed by atoms with Crippen molar-refractivity contribution in [2.75, 3.05) is 22.9 Å². The molecule has 0 aliphatic carbocycles. The monoisotopic (exact) mass is 363 g/mol. The highest BCUT2D eigenvalue weighted by Crippen LogP contribution is 2.25. The highest BCUT2D eigenvalue weighted by atomic mass is 16.2. The van der Waals surface area contributed by atoms with Gasteiger partial charge in [-0.15, -0.1) is 5.10 Å². The lowest BCUT2D eigenvalue weighted by molar-refractivity contribution is 0.256. The van der Waals surface area contributed by atoms with E-state index >= 15 is 0 Å². The summed E-state index contributed by atoms with van der Waals surface area (Å²) in [5.74, 6) is 0.769. The van der Waals surface area contributed by atoms with Gasteiger partial charge in [0.05, 0.1) is 0 Å². The summed E-state index contributed by atoms with van der Waals surface area (Å²) < 4.78 is 0. The Morgan fingerprint density at radius 3 is 2.00 bits per heavy atom. The number of nitrogens with one attached hydrogen (secondary N) is 1. The number of H-pyrrole nitrogens is 1. The number of rotatable bonds is 6. The Labute approximate surface area is 157 Å². The molecule has 1 aromatic heterocycles. The molecule has 0 spiro atoms. The van der Waals surface area contributed by atoms with Gasteiger partial charge in [0.15, 0.2) is 0 Å². The Hall–Kier alpha value is -3.26. The quantitative estimate of drug-likeness (QED) is 0.696. The number of aromatic amines is 1. The molecule has 0 bridgehead atoms. The zero-order chi connectivity index (χ0) is 18.6. The maximum Gasteiger partial charge on any atom is 0.329 e. The Morgan fingerprint density at radius 2 is 1.48 bits per heavy atom. The first-order valence-corrected chi connectivity index (χ1v) is 8.94. The third-order valence-corrected chi connectivity index (χ3v) is 4.78. The van der Waals surface area contributed by atoms with Crippen LogP contribution in [0.15, 0.2) is 48.5 Å². The molecule has 8 nitrogen and oxygen atoms in total. The van der Waals surface area contributed by atoms with Crippen molar-refractivity contribution in [3.05, 3.63) is 65.5 Å². The van der Waals surface area contributed by atoms with Gasteiger partial charge in [-0.1, -0.05) is 24.3 Å². The van der Waals surface area contributed by atoms with Crippen molar-refractivity contribution >= 4 is 17.4 Å². The third-order valence-electron chi connectivity index (χ3n) is 4.78. The van der Waals surface area contributed by atoms with E-state index in [4.69, 9.17) is 5.73 Å². The predicted octanol–water partition coefficient (Wildman–Crippen LogP) is 1.89. The molecule has 0 saturated carbocycles. The van der Waals surface area contributed by atoms with Gasteiger partial charge < -0.3 is 5.73 Å². The number of carbonyl (C=O) groups excluding carboxylic acids is 1. The molecule has 2 heterocycles. The van der Waals surface area contributed by atoms with Crippen molar-refractivity contribution in [2.45, 2.75) is 19.4 Å². The summed E-state index contributed by atoms with van der Waals surface area (Å²) in [6.45, 7) is 1.83. The minimum Gasteiger partial charge on any atom is -0.326 e. The van der Waals surface area contributed by atoms with Gasteiger partial charge in [-0.05, 0) is 52.2 Å². The Balaban J connectivity index is 1.41. The summed E-state index contributed by atoms with van der Waals surface area (Å²) in [5.41, 5.74) is 9.68. The van der Waals surface area contributed by atoms with Gasteiger partial charge >= 0.3 is 6.03 Å². The number of nitrogens with zero attached hydrogens (tertiary/aromatic N) is 5. The summed E-state index contributed by atoms with van der Waals surface area (Å²) in [7, 11) is 0. The fraction of sp³-hybridized carbons (Fsp3) is 0.263. The van der Waals surface area contributed by atoms with Gasteiger partial charge in [-0.25, -0.2) is 9.89 Å². The number of carbonyl (C=O) groups is 1. The molecule has 1 aliphatic heterocycles. The first kappa shape index (κ1) is 17.2. The molecule has 27 heavy (non-hydrogen) atoms. The van der Waals surface area contributed by atoms with Crippen LogP contribution in [0.5, 0.6) is 0 Å². The van der Waals surface area contributed by atoms with E-state index in [1.807, 2.05) is 48.5 Å². The van der Waals surface area contributed by atoms with Gasteiger partial charge in [0.25, 0.3) is 0 Å². The summed E-state index contributed by atoms with van der Waals surface area (Å²) >= 11 is 0. The molecule has 8 heteroatoms. The molecular weight excluding hydrogens is 342 g/mol. The Kier molecular flexibility index (Phi) is 4.80. The van der Waals surface area contributed by atoms with E-state index in [1.165, 1.54) is 5.56 Å². The van der Waals surface area contributed by atoms with Crippen LogP contribution >= 0.6 is 0 Å². The molecule has 2 aromatic carbocycles. The average molecular weight is 363 g/mol. The highest BCUT2D eigenvalue weighted by molar-refractivity contribution is 6.06. The van der Waals surface area contributed by atoms with Crippen molar-refractivity contribution in [1.82, 2.24) is 20.6 Å². The molecule has 1 fully saturated rings. The van der Waals surface area contributed by atoms with Gasteiger partial charge in [-0.3, -0.25) is 9.80 Å². The van der Waals surface area contributed by atoms with E-state index in [0.717, 1.165) is 35.6 Å². The van der Waals surface area contributed by atoms with E-state index < -0.39 is 0 Å². The molecule has 4 rings (SSSR count). The normalized spacial score (nSPS) is 14.2. The molecule has 1 saturated heterocycles. The van der Waals surface area contributed by atoms with Gasteiger partial charge in [-0.2, -0.15) is 0 Å². The van der Waals surface area contributed by atoms with Crippen molar-refractivity contribution in [3.63, 3.8) is 0 Å². The van der Waals surface area contributed by atoms with E-state index in [2.05, 4.69) is 20.6 Å². The van der Waals surface area contributed by atoms with Gasteiger partial charge in [0, 0.05) is 37.4 Å². The molecule has 2 amide bonds. The molecule has 0 atom stereocenters. The first-order chi connectivity index (χ1) is 13.2. The smallest absolute Gasteiger partial charge is 0.326 e. The number of urea groups is 1. The number of benzene rings is 2. The maximum absolute atomic E-state index is 12.8. The number of aryl methyl sites for hydroxylation is 2. The van der Waals surface area contributed by atoms with Crippen molar-refractivity contribution in [1.29, 1.82) is 0 Å². The van der Waals surface area contributed by atoms with E-state index in [-0.39, 0.29) is 6.03 Å². The highest BCUT2D eigenvalue weighted by Gasteiger charge is 2.30. The second-order valence-corrected chi connectivity index (χ2v) is 6.47. The number of hydrogen-bond donors (Lipinski definition) is 2. The SMILES string of the molecule is NCc1ccc(N2CCN(c3ccc(CCc4nnn[nH]4)cc3)C2=O)cc1. The summed E-state index contributed by atoms with van der Waals surface area (Å²) in [5, 5.41) is 13.8. The van der Waals surface area contributed by atoms with E-state index in [1.54, 1.807) is 9.80 Å². The van der Waals surface area contributed by atoms with Gasteiger partial charge in [0.2, 0.25) is 0 Å². The number of anilines is 2. The minimum atomic E-state index is -0.00372. The van der Waals surface area contributed by atoms with Crippen LogP contribution in [0.25, 0.3) is 0 Å². The number of nitrogens with two attached hydrogens (primary N) is 1. The minimum absolute atomic E-state index is 0.00372. The first-order valence-electron chi connectivity index (χ1n) is 8.94. The average Bonchev–Trinajstić information content (AvgIpc) is 3.37. The van der Waals surface area contributed by atoms with E-state index in [9.17, 15) is 4.79 Å². The van der Waals surface area contributed by atoms with Crippen LogP contribution in [0.1, 0.15) is 17.0 Å². The summed E-state index contributed by atoms with van der Waals surface area (Å²) in [4.78, 5) is 16.4. The molecule has 3 N–H and O–H groups in total. The molecule has 3 aromatic rings. The number of amides is 2. The van der Waals surface area contributed by atoms with Crippen LogP contribution in [0.3, 0.4) is 0 Å². The van der Waals surface area contributed by atoms with E-state index in [0.29, 0.717) is 19.6 Å². The zero-order valence-corrected chi connectivity index (χ0v) is 14.9. The summed E-state index contributed by atoms with van der Waals surface area (Å²) in [6.07, 6.45) is 1.59.